The summed E-state index contributed by atoms with van der Waals surface area (Å²) in [5.41, 5.74) is 5.59. The highest BCUT2D eigenvalue weighted by atomic mass is 16.5. The quantitative estimate of drug-likeness (QED) is 0.636. The van der Waals surface area contributed by atoms with Crippen LogP contribution in [0.1, 0.15) is 49.8 Å². The summed E-state index contributed by atoms with van der Waals surface area (Å²) in [5.74, 6) is 6.78. The zero-order valence-corrected chi connectivity index (χ0v) is 11.4. The van der Waals surface area contributed by atoms with E-state index >= 15 is 0 Å². The van der Waals surface area contributed by atoms with Crippen LogP contribution in [0.4, 0.5) is 0 Å². The zero-order valence-electron chi connectivity index (χ0n) is 11.4. The van der Waals surface area contributed by atoms with Gasteiger partial charge in [-0.15, -0.1) is 0 Å². The average molecular weight is 248 g/mol. The fourth-order valence-electron chi connectivity index (χ4n) is 2.62. The summed E-state index contributed by atoms with van der Waals surface area (Å²) in [7, 11) is 0. The van der Waals surface area contributed by atoms with Crippen LogP contribution in [-0.2, 0) is 4.74 Å². The number of hydrazine groups is 1. The summed E-state index contributed by atoms with van der Waals surface area (Å²) >= 11 is 0. The maximum atomic E-state index is 5.73. The Hall–Kier alpha value is -0.900. The molecule has 1 heterocycles. The monoisotopic (exact) mass is 248 g/mol. The second-order valence-electron chi connectivity index (χ2n) is 5.44. The first kappa shape index (κ1) is 13.5. The second kappa shape index (κ2) is 6.32. The van der Waals surface area contributed by atoms with Crippen LogP contribution < -0.4 is 11.3 Å². The summed E-state index contributed by atoms with van der Waals surface area (Å²) in [6, 6.07) is 8.98. The predicted octanol–water partition coefficient (Wildman–Crippen LogP) is 2.74. The first-order valence-corrected chi connectivity index (χ1v) is 6.86. The number of benzene rings is 1. The molecule has 3 N–H and O–H groups in total. The van der Waals surface area contributed by atoms with Gasteiger partial charge in [0.05, 0.1) is 12.6 Å². The van der Waals surface area contributed by atoms with Crippen LogP contribution in [0.3, 0.4) is 0 Å². The molecule has 0 spiro atoms. The summed E-state index contributed by atoms with van der Waals surface area (Å²) in [4.78, 5) is 0. The fourth-order valence-corrected chi connectivity index (χ4v) is 2.62. The molecule has 1 saturated heterocycles. The minimum atomic E-state index is 0.200. The molecule has 0 bridgehead atoms. The number of rotatable bonds is 4. The molecule has 3 heteroatoms. The second-order valence-corrected chi connectivity index (χ2v) is 5.44. The molecule has 1 aliphatic rings. The lowest BCUT2D eigenvalue weighted by molar-refractivity contribution is 0.0390. The Morgan fingerprint density at radius 2 is 1.89 bits per heavy atom. The van der Waals surface area contributed by atoms with E-state index in [1.807, 2.05) is 0 Å². The standard InChI is InChI=1S/C15H24N2O/c1-11(2)12-5-7-13(8-6-12)15(17-16)14-4-3-9-18-10-14/h5-8,11,14-15,17H,3-4,9-10,16H2,1-2H3. The molecule has 0 radical (unpaired) electrons. The van der Waals surface area contributed by atoms with E-state index in [1.54, 1.807) is 0 Å². The zero-order chi connectivity index (χ0) is 13.0. The van der Waals surface area contributed by atoms with E-state index in [2.05, 4.69) is 43.5 Å². The molecular weight excluding hydrogens is 224 g/mol. The van der Waals surface area contributed by atoms with Gasteiger partial charge in [-0.25, -0.2) is 0 Å². The molecule has 1 aliphatic heterocycles. The summed E-state index contributed by atoms with van der Waals surface area (Å²) < 4.78 is 5.55. The minimum Gasteiger partial charge on any atom is -0.381 e. The van der Waals surface area contributed by atoms with E-state index in [0.29, 0.717) is 11.8 Å². The molecule has 1 fully saturated rings. The largest absolute Gasteiger partial charge is 0.381 e. The van der Waals surface area contributed by atoms with E-state index in [0.717, 1.165) is 19.6 Å². The third-order valence-corrected chi connectivity index (χ3v) is 3.81. The molecular formula is C15H24N2O. The molecule has 0 amide bonds. The molecule has 1 aromatic carbocycles. The smallest absolute Gasteiger partial charge is 0.0513 e. The van der Waals surface area contributed by atoms with Gasteiger partial charge in [-0.3, -0.25) is 11.3 Å². The van der Waals surface area contributed by atoms with Gasteiger partial charge in [0.25, 0.3) is 0 Å². The third-order valence-electron chi connectivity index (χ3n) is 3.81. The van der Waals surface area contributed by atoms with Gasteiger partial charge in [0.15, 0.2) is 0 Å². The SMILES string of the molecule is CC(C)c1ccc(C(NN)C2CCCOC2)cc1. The van der Waals surface area contributed by atoms with Crippen LogP contribution >= 0.6 is 0 Å². The van der Waals surface area contributed by atoms with E-state index in [9.17, 15) is 0 Å². The molecule has 0 saturated carbocycles. The first-order valence-electron chi connectivity index (χ1n) is 6.86. The van der Waals surface area contributed by atoms with E-state index in [4.69, 9.17) is 10.6 Å². The lowest BCUT2D eigenvalue weighted by Gasteiger charge is -2.30. The molecule has 100 valence electrons. The van der Waals surface area contributed by atoms with Crippen LogP contribution in [0.15, 0.2) is 24.3 Å². The van der Waals surface area contributed by atoms with Crippen molar-refractivity contribution in [2.75, 3.05) is 13.2 Å². The maximum absolute atomic E-state index is 5.73. The molecule has 1 aromatic rings. The number of hydrogen-bond acceptors (Lipinski definition) is 3. The van der Waals surface area contributed by atoms with Crippen molar-refractivity contribution in [1.29, 1.82) is 0 Å². The van der Waals surface area contributed by atoms with E-state index in [-0.39, 0.29) is 6.04 Å². The van der Waals surface area contributed by atoms with Crippen molar-refractivity contribution in [3.63, 3.8) is 0 Å². The van der Waals surface area contributed by atoms with Crippen molar-refractivity contribution in [2.45, 2.75) is 38.6 Å². The third kappa shape index (κ3) is 3.10. The lowest BCUT2D eigenvalue weighted by Crippen LogP contribution is -2.37. The molecule has 0 aromatic heterocycles. The van der Waals surface area contributed by atoms with Crippen molar-refractivity contribution in [2.24, 2.45) is 11.8 Å². The minimum absolute atomic E-state index is 0.200. The Balaban J connectivity index is 2.11. The Morgan fingerprint density at radius 3 is 2.39 bits per heavy atom. The lowest BCUT2D eigenvalue weighted by atomic mass is 9.88. The molecule has 18 heavy (non-hydrogen) atoms. The normalized spacial score (nSPS) is 22.1. The van der Waals surface area contributed by atoms with Gasteiger partial charge in [-0.05, 0) is 29.9 Å². The van der Waals surface area contributed by atoms with Crippen molar-refractivity contribution < 1.29 is 4.74 Å². The van der Waals surface area contributed by atoms with Crippen LogP contribution in [0, 0.1) is 5.92 Å². The van der Waals surface area contributed by atoms with Gasteiger partial charge in [-0.1, -0.05) is 38.1 Å². The fraction of sp³-hybridized carbons (Fsp3) is 0.600. The molecule has 0 aliphatic carbocycles. The maximum Gasteiger partial charge on any atom is 0.0513 e. The van der Waals surface area contributed by atoms with Gasteiger partial charge < -0.3 is 4.74 Å². The van der Waals surface area contributed by atoms with Crippen LogP contribution in [0.25, 0.3) is 0 Å². The molecule has 2 atom stereocenters. The Morgan fingerprint density at radius 1 is 1.22 bits per heavy atom. The number of hydrogen-bond donors (Lipinski definition) is 2. The van der Waals surface area contributed by atoms with Gasteiger partial charge in [-0.2, -0.15) is 0 Å². The Labute approximate surface area is 110 Å². The summed E-state index contributed by atoms with van der Waals surface area (Å²) in [6.45, 7) is 6.12. The molecule has 2 unspecified atom stereocenters. The highest BCUT2D eigenvalue weighted by Gasteiger charge is 2.24. The average Bonchev–Trinajstić information content (AvgIpc) is 2.41. The van der Waals surface area contributed by atoms with Crippen molar-refractivity contribution >= 4 is 0 Å². The van der Waals surface area contributed by atoms with Crippen LogP contribution in [0.2, 0.25) is 0 Å². The van der Waals surface area contributed by atoms with Gasteiger partial charge in [0, 0.05) is 12.5 Å². The summed E-state index contributed by atoms with van der Waals surface area (Å²) in [6.07, 6.45) is 2.31. The molecule has 3 nitrogen and oxygen atoms in total. The van der Waals surface area contributed by atoms with Crippen LogP contribution in [0.5, 0.6) is 0 Å². The van der Waals surface area contributed by atoms with Crippen LogP contribution in [-0.4, -0.2) is 13.2 Å². The van der Waals surface area contributed by atoms with Gasteiger partial charge in [0.2, 0.25) is 0 Å². The molecule has 2 rings (SSSR count). The topological polar surface area (TPSA) is 47.3 Å². The number of ether oxygens (including phenoxy) is 1. The Kier molecular flexibility index (Phi) is 4.75. The number of nitrogens with one attached hydrogen (secondary N) is 1. The van der Waals surface area contributed by atoms with E-state index in [1.165, 1.54) is 17.5 Å². The van der Waals surface area contributed by atoms with Crippen molar-refractivity contribution in [3.05, 3.63) is 35.4 Å². The van der Waals surface area contributed by atoms with Crippen molar-refractivity contribution in [1.82, 2.24) is 5.43 Å². The highest BCUT2D eigenvalue weighted by molar-refractivity contribution is 5.27. The first-order chi connectivity index (χ1) is 8.72. The number of nitrogens with two attached hydrogens (primary N) is 1. The van der Waals surface area contributed by atoms with Gasteiger partial charge in [0.1, 0.15) is 0 Å². The highest BCUT2D eigenvalue weighted by Crippen LogP contribution is 2.29. The van der Waals surface area contributed by atoms with E-state index < -0.39 is 0 Å². The predicted molar refractivity (Wildman–Crippen MR) is 74.1 cm³/mol. The van der Waals surface area contributed by atoms with Crippen molar-refractivity contribution in [3.8, 4) is 0 Å². The Bertz CT molecular complexity index is 355. The summed E-state index contributed by atoms with van der Waals surface area (Å²) in [5, 5.41) is 0. The van der Waals surface area contributed by atoms with Gasteiger partial charge >= 0.3 is 0 Å².